The largest absolute Gasteiger partial charge is 0.476 e. The minimum Gasteiger partial charge on any atom is -0.382 e. The van der Waals surface area contributed by atoms with Crippen LogP contribution >= 0.6 is 7.82 Å². The molecule has 0 unspecified atom stereocenters. The van der Waals surface area contributed by atoms with Gasteiger partial charge >= 0.3 is 7.82 Å². The molecule has 1 rings (SSSR count). The quantitative estimate of drug-likeness (QED) is 0.419. The fourth-order valence-corrected chi connectivity index (χ4v) is 3.24. The fourth-order valence-electron chi connectivity index (χ4n) is 1.79. The number of allylic oxidation sites excluding steroid dienone is 1. The number of hydrogen-bond donors (Lipinski definition) is 1. The van der Waals surface area contributed by atoms with Crippen molar-refractivity contribution < 1.29 is 18.1 Å². The van der Waals surface area contributed by atoms with Crippen molar-refractivity contribution in [3.63, 3.8) is 0 Å². The molecule has 1 aromatic rings. The zero-order chi connectivity index (χ0) is 20.6. The first-order valence-corrected chi connectivity index (χ1v) is 10.3. The maximum Gasteiger partial charge on any atom is 0.476 e. The predicted octanol–water partition coefficient (Wildman–Crippen LogP) is 3.56. The van der Waals surface area contributed by atoms with Crippen molar-refractivity contribution in [1.29, 1.82) is 0 Å². The molecule has 0 radical (unpaired) electrons. The Morgan fingerprint density at radius 1 is 1.30 bits per heavy atom. The Morgan fingerprint density at radius 3 is 2.26 bits per heavy atom. The van der Waals surface area contributed by atoms with Crippen LogP contribution in [0.3, 0.4) is 0 Å². The average molecular weight is 401 g/mol. The maximum absolute atomic E-state index is 12.9. The van der Waals surface area contributed by atoms with Gasteiger partial charge in [0, 0.05) is 0 Å². The second-order valence-corrected chi connectivity index (χ2v) is 8.61. The topological polar surface area (TPSA) is 105 Å². The smallest absolute Gasteiger partial charge is 0.382 e. The number of nitrogens with zero attached hydrogens (tertiary/aromatic N) is 4. The molecular formula is C17H32N5O4P. The van der Waals surface area contributed by atoms with Crippen LogP contribution in [0.25, 0.3) is 5.82 Å². The van der Waals surface area contributed by atoms with Crippen LogP contribution in [0.15, 0.2) is 24.8 Å². The van der Waals surface area contributed by atoms with E-state index in [2.05, 4.69) is 16.7 Å². The molecule has 10 heteroatoms. The Labute approximate surface area is 161 Å². The van der Waals surface area contributed by atoms with E-state index >= 15 is 0 Å². The molecule has 2 N–H and O–H groups in total. The summed E-state index contributed by atoms with van der Waals surface area (Å²) in [5, 5.41) is 4.17. The zero-order valence-electron chi connectivity index (χ0n) is 17.1. The van der Waals surface area contributed by atoms with Crippen molar-refractivity contribution in [2.75, 3.05) is 19.9 Å². The molecule has 0 aliphatic rings. The third-order valence-electron chi connectivity index (χ3n) is 3.36. The number of phosphoric acid groups is 1. The first-order chi connectivity index (χ1) is 12.6. The van der Waals surface area contributed by atoms with E-state index in [1.807, 2.05) is 27.7 Å². The summed E-state index contributed by atoms with van der Waals surface area (Å²) in [7, 11) is -3.72. The Balaban J connectivity index is 2.88. The van der Waals surface area contributed by atoms with Crippen LogP contribution in [0.4, 0.5) is 0 Å². The number of nitrogens with two attached hydrogens (primary N) is 1. The molecule has 0 amide bonds. The Hall–Kier alpha value is -1.67. The molecule has 0 spiro atoms. The molecule has 1 aromatic heterocycles. The number of rotatable bonds is 12. The van der Waals surface area contributed by atoms with Crippen LogP contribution in [0.5, 0.6) is 0 Å². The van der Waals surface area contributed by atoms with E-state index in [-0.39, 0.29) is 31.8 Å². The van der Waals surface area contributed by atoms with Gasteiger partial charge in [-0.25, -0.2) is 14.2 Å². The van der Waals surface area contributed by atoms with Gasteiger partial charge in [0.25, 0.3) is 0 Å². The molecular weight excluding hydrogens is 369 g/mol. The van der Waals surface area contributed by atoms with Gasteiger partial charge in [-0.1, -0.05) is 34.3 Å². The van der Waals surface area contributed by atoms with Gasteiger partial charge in [0.05, 0.1) is 18.9 Å². The Kier molecular flexibility index (Phi) is 9.18. The fraction of sp³-hybridized carbons (Fsp3) is 0.647. The number of aromatic nitrogens is 3. The van der Waals surface area contributed by atoms with Gasteiger partial charge in [0.15, 0.2) is 0 Å². The summed E-state index contributed by atoms with van der Waals surface area (Å²) in [5.41, 5.74) is 6.73. The SMILES string of the molecule is C=CN(COP(=O)(OCC(C)C)OCC(C)C)/C(C)=C(/N)n1cnc(C)n1. The highest BCUT2D eigenvalue weighted by molar-refractivity contribution is 7.48. The maximum atomic E-state index is 12.9. The summed E-state index contributed by atoms with van der Waals surface area (Å²) in [6.45, 7) is 15.5. The second-order valence-electron chi connectivity index (χ2n) is 6.94. The van der Waals surface area contributed by atoms with Crippen LogP contribution in [0, 0.1) is 18.8 Å². The van der Waals surface area contributed by atoms with Crippen LogP contribution in [-0.2, 0) is 18.1 Å². The van der Waals surface area contributed by atoms with Crippen LogP contribution in [-0.4, -0.2) is 39.6 Å². The predicted molar refractivity (Wildman–Crippen MR) is 105 cm³/mol. The van der Waals surface area contributed by atoms with Crippen molar-refractivity contribution in [2.45, 2.75) is 41.5 Å². The van der Waals surface area contributed by atoms with Gasteiger partial charge in [-0.3, -0.25) is 13.6 Å². The van der Waals surface area contributed by atoms with E-state index in [0.29, 0.717) is 17.3 Å². The molecule has 27 heavy (non-hydrogen) atoms. The van der Waals surface area contributed by atoms with Crippen molar-refractivity contribution in [3.8, 4) is 0 Å². The van der Waals surface area contributed by atoms with Crippen LogP contribution in [0.1, 0.15) is 40.4 Å². The van der Waals surface area contributed by atoms with E-state index in [1.165, 1.54) is 17.2 Å². The lowest BCUT2D eigenvalue weighted by Gasteiger charge is -2.25. The highest BCUT2D eigenvalue weighted by Gasteiger charge is 2.28. The van der Waals surface area contributed by atoms with Crippen molar-refractivity contribution >= 4 is 13.6 Å². The summed E-state index contributed by atoms with van der Waals surface area (Å²) >= 11 is 0. The Morgan fingerprint density at radius 2 is 1.85 bits per heavy atom. The summed E-state index contributed by atoms with van der Waals surface area (Å²) in [6, 6.07) is 0. The molecule has 1 heterocycles. The Bertz CT molecular complexity index is 671. The van der Waals surface area contributed by atoms with E-state index in [4.69, 9.17) is 19.3 Å². The van der Waals surface area contributed by atoms with Crippen molar-refractivity contribution in [1.82, 2.24) is 19.7 Å². The van der Waals surface area contributed by atoms with E-state index < -0.39 is 7.82 Å². The lowest BCUT2D eigenvalue weighted by molar-refractivity contribution is 0.0726. The first kappa shape index (κ1) is 23.4. The van der Waals surface area contributed by atoms with Gasteiger partial charge in [-0.05, 0) is 31.9 Å². The molecule has 0 saturated carbocycles. The van der Waals surface area contributed by atoms with Crippen molar-refractivity contribution in [3.05, 3.63) is 30.6 Å². The van der Waals surface area contributed by atoms with E-state index in [9.17, 15) is 4.57 Å². The lowest BCUT2D eigenvalue weighted by Crippen LogP contribution is -2.24. The molecule has 154 valence electrons. The van der Waals surface area contributed by atoms with Gasteiger partial charge in [0.2, 0.25) is 0 Å². The minimum absolute atomic E-state index is 0.100. The second kappa shape index (κ2) is 10.6. The van der Waals surface area contributed by atoms with Crippen LogP contribution in [0.2, 0.25) is 0 Å². The van der Waals surface area contributed by atoms with Gasteiger partial charge in [-0.15, -0.1) is 0 Å². The number of aryl methyl sites for hydroxylation is 1. The first-order valence-electron chi connectivity index (χ1n) is 8.85. The molecule has 0 aromatic carbocycles. The molecule has 0 saturated heterocycles. The monoisotopic (exact) mass is 401 g/mol. The van der Waals surface area contributed by atoms with Gasteiger partial charge < -0.3 is 10.6 Å². The normalized spacial score (nSPS) is 13.2. The molecule has 9 nitrogen and oxygen atoms in total. The number of phosphoric ester groups is 1. The third-order valence-corrected chi connectivity index (χ3v) is 4.72. The van der Waals surface area contributed by atoms with E-state index in [0.717, 1.165) is 0 Å². The van der Waals surface area contributed by atoms with E-state index in [1.54, 1.807) is 18.7 Å². The molecule has 0 bridgehead atoms. The summed E-state index contributed by atoms with van der Waals surface area (Å²) in [5.74, 6) is 1.32. The summed E-state index contributed by atoms with van der Waals surface area (Å²) in [6.07, 6.45) is 3.03. The third kappa shape index (κ3) is 7.84. The van der Waals surface area contributed by atoms with Gasteiger partial charge in [-0.2, -0.15) is 5.10 Å². The molecule has 0 atom stereocenters. The minimum atomic E-state index is -3.72. The van der Waals surface area contributed by atoms with Crippen LogP contribution < -0.4 is 5.73 Å². The molecule has 0 aliphatic carbocycles. The van der Waals surface area contributed by atoms with Gasteiger partial charge in [0.1, 0.15) is 24.7 Å². The summed E-state index contributed by atoms with van der Waals surface area (Å²) < 4.78 is 30.8. The highest BCUT2D eigenvalue weighted by Crippen LogP contribution is 2.50. The molecule has 0 fully saturated rings. The zero-order valence-corrected chi connectivity index (χ0v) is 18.0. The standard InChI is InChI=1S/C17H32N5O4P/c1-8-21(15(6)17(18)22-11-19-16(7)20-22)12-26-27(23,24-9-13(2)3)25-10-14(4)5/h8,11,13-14H,1,9-10,12,18H2,2-7H3/b17-15-. The molecule has 0 aliphatic heterocycles. The average Bonchev–Trinajstić information content (AvgIpc) is 3.04. The lowest BCUT2D eigenvalue weighted by atomic mass is 10.2. The van der Waals surface area contributed by atoms with Crippen molar-refractivity contribution in [2.24, 2.45) is 17.6 Å². The highest BCUT2D eigenvalue weighted by atomic mass is 31.2. The number of hydrogen-bond acceptors (Lipinski definition) is 8. The summed E-state index contributed by atoms with van der Waals surface area (Å²) in [4.78, 5) is 5.64.